The minimum Gasteiger partial charge on any atom is -0.497 e. The fourth-order valence-electron chi connectivity index (χ4n) is 2.17. The van der Waals surface area contributed by atoms with Gasteiger partial charge >= 0.3 is 0 Å². The molecule has 100 valence electrons. The van der Waals surface area contributed by atoms with Gasteiger partial charge in [0.2, 0.25) is 0 Å². The molecule has 0 spiro atoms. The number of benzene rings is 2. The summed E-state index contributed by atoms with van der Waals surface area (Å²) in [6.07, 6.45) is 1.81. The smallest absolute Gasteiger partial charge is 0.119 e. The van der Waals surface area contributed by atoms with E-state index in [1.54, 1.807) is 7.11 Å². The van der Waals surface area contributed by atoms with Gasteiger partial charge in [-0.2, -0.15) is 0 Å². The molecular formula is C17H16N2O. The van der Waals surface area contributed by atoms with Crippen molar-refractivity contribution >= 4 is 16.6 Å². The minimum absolute atomic E-state index is 0.767. The quantitative estimate of drug-likeness (QED) is 0.777. The number of pyridine rings is 1. The second-order valence-electron chi connectivity index (χ2n) is 4.62. The maximum Gasteiger partial charge on any atom is 0.119 e. The monoisotopic (exact) mass is 264 g/mol. The maximum absolute atomic E-state index is 5.23. The molecule has 2 aromatic carbocycles. The highest BCUT2D eigenvalue weighted by Crippen LogP contribution is 2.18. The lowest BCUT2D eigenvalue weighted by Crippen LogP contribution is -1.99. The summed E-state index contributed by atoms with van der Waals surface area (Å²) in [5.74, 6) is 0.881. The molecule has 1 heterocycles. The molecule has 3 aromatic rings. The lowest BCUT2D eigenvalue weighted by atomic mass is 10.2. The predicted molar refractivity (Wildman–Crippen MR) is 82.1 cm³/mol. The number of nitrogens with one attached hydrogen (secondary N) is 1. The summed E-state index contributed by atoms with van der Waals surface area (Å²) in [6, 6.07) is 18.3. The number of methoxy groups -OCH3 is 1. The number of aromatic nitrogens is 1. The van der Waals surface area contributed by atoms with Gasteiger partial charge in [-0.15, -0.1) is 0 Å². The average molecular weight is 264 g/mol. The van der Waals surface area contributed by atoms with Gasteiger partial charge < -0.3 is 10.1 Å². The first kappa shape index (κ1) is 12.5. The van der Waals surface area contributed by atoms with Crippen LogP contribution < -0.4 is 10.1 Å². The highest BCUT2D eigenvalue weighted by molar-refractivity contribution is 5.82. The molecule has 0 aliphatic rings. The molecule has 20 heavy (non-hydrogen) atoms. The van der Waals surface area contributed by atoms with Gasteiger partial charge in [-0.3, -0.25) is 4.98 Å². The Hall–Kier alpha value is -2.55. The Kier molecular flexibility index (Phi) is 3.50. The number of hydrogen-bond acceptors (Lipinski definition) is 3. The van der Waals surface area contributed by atoms with Crippen LogP contribution in [0.25, 0.3) is 10.9 Å². The van der Waals surface area contributed by atoms with Crippen molar-refractivity contribution < 1.29 is 4.74 Å². The maximum atomic E-state index is 5.23. The highest BCUT2D eigenvalue weighted by atomic mass is 16.5. The van der Waals surface area contributed by atoms with Gasteiger partial charge in [0.25, 0.3) is 0 Å². The summed E-state index contributed by atoms with van der Waals surface area (Å²) in [7, 11) is 1.68. The van der Waals surface area contributed by atoms with Crippen molar-refractivity contribution in [2.24, 2.45) is 0 Å². The van der Waals surface area contributed by atoms with E-state index in [0.717, 1.165) is 28.9 Å². The molecule has 0 saturated heterocycles. The van der Waals surface area contributed by atoms with Crippen molar-refractivity contribution in [2.75, 3.05) is 12.4 Å². The molecule has 3 rings (SSSR count). The average Bonchev–Trinajstić information content (AvgIpc) is 2.53. The number of rotatable bonds is 4. The zero-order valence-corrected chi connectivity index (χ0v) is 11.3. The Morgan fingerprint density at radius 3 is 2.90 bits per heavy atom. The van der Waals surface area contributed by atoms with E-state index < -0.39 is 0 Å². The molecule has 0 fully saturated rings. The molecule has 0 unspecified atom stereocenters. The van der Waals surface area contributed by atoms with E-state index >= 15 is 0 Å². The van der Waals surface area contributed by atoms with E-state index in [9.17, 15) is 0 Å². The van der Waals surface area contributed by atoms with Crippen LogP contribution in [0.4, 0.5) is 5.69 Å². The molecule has 1 aromatic heterocycles. The zero-order valence-electron chi connectivity index (χ0n) is 11.3. The van der Waals surface area contributed by atoms with E-state index in [4.69, 9.17) is 4.74 Å². The lowest BCUT2D eigenvalue weighted by molar-refractivity contribution is 0.414. The Bertz CT molecular complexity index is 725. The van der Waals surface area contributed by atoms with E-state index in [1.807, 2.05) is 36.5 Å². The molecule has 0 atom stereocenters. The topological polar surface area (TPSA) is 34.1 Å². The second kappa shape index (κ2) is 5.61. The molecule has 0 radical (unpaired) electrons. The largest absolute Gasteiger partial charge is 0.497 e. The SMILES string of the molecule is COc1cccc(CNc2ccc3ncccc3c2)c1. The summed E-state index contributed by atoms with van der Waals surface area (Å²) in [6.45, 7) is 0.767. The lowest BCUT2D eigenvalue weighted by Gasteiger charge is -2.08. The van der Waals surface area contributed by atoms with Crippen LogP contribution in [-0.4, -0.2) is 12.1 Å². The summed E-state index contributed by atoms with van der Waals surface area (Å²) in [4.78, 5) is 4.32. The molecule has 0 saturated carbocycles. The predicted octanol–water partition coefficient (Wildman–Crippen LogP) is 3.86. The van der Waals surface area contributed by atoms with Crippen LogP contribution in [0.5, 0.6) is 5.75 Å². The first-order valence-corrected chi connectivity index (χ1v) is 6.57. The van der Waals surface area contributed by atoms with Gasteiger partial charge in [0.05, 0.1) is 12.6 Å². The second-order valence-corrected chi connectivity index (χ2v) is 4.62. The van der Waals surface area contributed by atoms with Crippen molar-refractivity contribution in [3.8, 4) is 5.75 Å². The van der Waals surface area contributed by atoms with Crippen LogP contribution in [0.15, 0.2) is 60.8 Å². The molecule has 0 aliphatic carbocycles. The minimum atomic E-state index is 0.767. The van der Waals surface area contributed by atoms with Crippen LogP contribution in [0, 0.1) is 0 Å². The first-order valence-electron chi connectivity index (χ1n) is 6.57. The summed E-state index contributed by atoms with van der Waals surface area (Å²) < 4.78 is 5.23. The van der Waals surface area contributed by atoms with Gasteiger partial charge in [0, 0.05) is 23.8 Å². The van der Waals surface area contributed by atoms with E-state index in [1.165, 1.54) is 5.56 Å². The summed E-state index contributed by atoms with van der Waals surface area (Å²) in [5.41, 5.74) is 3.29. The third-order valence-electron chi connectivity index (χ3n) is 3.23. The Morgan fingerprint density at radius 1 is 1.05 bits per heavy atom. The van der Waals surface area contributed by atoms with Gasteiger partial charge in [0.15, 0.2) is 0 Å². The molecule has 0 bridgehead atoms. The third-order valence-corrected chi connectivity index (χ3v) is 3.23. The normalized spacial score (nSPS) is 10.4. The standard InChI is InChI=1S/C17H16N2O/c1-20-16-6-2-4-13(10-16)12-19-15-7-8-17-14(11-15)5-3-9-18-17/h2-11,19H,12H2,1H3. The van der Waals surface area contributed by atoms with Gasteiger partial charge in [0.1, 0.15) is 5.75 Å². The Labute approximate surface area is 118 Å². The van der Waals surface area contributed by atoms with Crippen LogP contribution >= 0.6 is 0 Å². The number of fused-ring (bicyclic) bond motifs is 1. The fraction of sp³-hybridized carbons (Fsp3) is 0.118. The summed E-state index contributed by atoms with van der Waals surface area (Å²) >= 11 is 0. The Balaban J connectivity index is 1.76. The molecule has 1 N–H and O–H groups in total. The van der Waals surface area contributed by atoms with E-state index in [-0.39, 0.29) is 0 Å². The number of nitrogens with zero attached hydrogens (tertiary/aromatic N) is 1. The van der Waals surface area contributed by atoms with Crippen molar-refractivity contribution in [3.63, 3.8) is 0 Å². The van der Waals surface area contributed by atoms with Crippen LogP contribution in [-0.2, 0) is 6.54 Å². The van der Waals surface area contributed by atoms with Crippen LogP contribution in [0.1, 0.15) is 5.56 Å². The number of anilines is 1. The van der Waals surface area contributed by atoms with E-state index in [2.05, 4.69) is 34.6 Å². The zero-order chi connectivity index (χ0) is 13.8. The number of ether oxygens (including phenoxy) is 1. The molecule has 3 nitrogen and oxygen atoms in total. The first-order chi connectivity index (χ1) is 9.85. The third kappa shape index (κ3) is 2.72. The van der Waals surface area contributed by atoms with Gasteiger partial charge in [-0.05, 0) is 42.0 Å². The summed E-state index contributed by atoms with van der Waals surface area (Å²) in [5, 5.41) is 4.56. The molecule has 0 amide bonds. The van der Waals surface area contributed by atoms with Crippen LogP contribution in [0.3, 0.4) is 0 Å². The number of hydrogen-bond donors (Lipinski definition) is 1. The fourth-order valence-corrected chi connectivity index (χ4v) is 2.17. The van der Waals surface area contributed by atoms with Crippen molar-refractivity contribution in [2.45, 2.75) is 6.54 Å². The van der Waals surface area contributed by atoms with E-state index in [0.29, 0.717) is 0 Å². The van der Waals surface area contributed by atoms with Gasteiger partial charge in [-0.1, -0.05) is 18.2 Å². The van der Waals surface area contributed by atoms with Crippen molar-refractivity contribution in [1.82, 2.24) is 4.98 Å². The Morgan fingerprint density at radius 2 is 2.00 bits per heavy atom. The molecule has 3 heteroatoms. The van der Waals surface area contributed by atoms with Crippen molar-refractivity contribution in [1.29, 1.82) is 0 Å². The van der Waals surface area contributed by atoms with Gasteiger partial charge in [-0.25, -0.2) is 0 Å². The van der Waals surface area contributed by atoms with Crippen LogP contribution in [0.2, 0.25) is 0 Å². The molecular weight excluding hydrogens is 248 g/mol. The molecule has 0 aliphatic heterocycles. The highest BCUT2D eigenvalue weighted by Gasteiger charge is 1.98. The van der Waals surface area contributed by atoms with Crippen molar-refractivity contribution in [3.05, 3.63) is 66.4 Å².